The van der Waals surface area contributed by atoms with Gasteiger partial charge < -0.3 is 35.2 Å². The Morgan fingerprint density at radius 1 is 0.941 bits per heavy atom. The number of aromatic carboxylic acids is 1. The molecular weight excluding hydrogens is 942 g/mol. The maximum Gasteiger partial charge on any atom is 0.349 e. The third kappa shape index (κ3) is 10.1. The Morgan fingerprint density at radius 2 is 1.66 bits per heavy atom. The molecule has 4 amide bonds. The van der Waals surface area contributed by atoms with E-state index >= 15 is 0 Å². The molecule has 68 heavy (non-hydrogen) atoms. The first-order chi connectivity index (χ1) is 32.3. The van der Waals surface area contributed by atoms with Gasteiger partial charge in [-0.1, -0.05) is 41.9 Å². The van der Waals surface area contributed by atoms with Crippen LogP contribution >= 0.6 is 22.9 Å². The molecule has 3 aliphatic heterocycles. The fourth-order valence-electron chi connectivity index (χ4n) is 9.31. The molecule has 2 aromatic heterocycles. The smallest absolute Gasteiger partial charge is 0.349 e. The lowest BCUT2D eigenvalue weighted by molar-refractivity contribution is -0.139. The number of nitrogens with zero attached hydrogens (tertiary/aromatic N) is 4. The highest BCUT2D eigenvalue weighted by Crippen LogP contribution is 2.46. The number of piperidine rings is 3. The van der Waals surface area contributed by atoms with Crippen molar-refractivity contribution in [2.75, 3.05) is 36.9 Å². The number of imide groups is 1. The number of nitrogens with one attached hydrogen (secondary N) is 3. The Kier molecular flexibility index (Phi) is 13.6. The molecular formula is C46H50ClN7O12S2. The number of imidazole rings is 1. The number of amides is 4. The molecule has 0 spiro atoms. The predicted molar refractivity (Wildman–Crippen MR) is 254 cm³/mol. The summed E-state index contributed by atoms with van der Waals surface area (Å²) < 4.78 is 44.1. The van der Waals surface area contributed by atoms with Crippen molar-refractivity contribution < 1.29 is 52.1 Å². The number of carbonyl (C=O) groups is 5. The van der Waals surface area contributed by atoms with Crippen molar-refractivity contribution in [1.29, 1.82) is 0 Å². The number of aromatic nitrogens is 2. The highest BCUT2D eigenvalue weighted by Gasteiger charge is 2.42. The summed E-state index contributed by atoms with van der Waals surface area (Å²) in [7, 11) is -2.21. The monoisotopic (exact) mass is 991 g/mol. The highest BCUT2D eigenvalue weighted by molar-refractivity contribution is 7.88. The molecule has 3 fully saturated rings. The summed E-state index contributed by atoms with van der Waals surface area (Å²) in [5.41, 5.74) is 2.12. The number of aliphatic carboxylic acids is 1. The molecule has 22 heteroatoms. The minimum atomic E-state index is -3.82. The zero-order valence-electron chi connectivity index (χ0n) is 37.3. The normalized spacial score (nSPS) is 19.1. The van der Waals surface area contributed by atoms with Gasteiger partial charge in [-0.3, -0.25) is 24.0 Å². The van der Waals surface area contributed by atoms with Crippen LogP contribution in [-0.2, 0) is 37.2 Å². The summed E-state index contributed by atoms with van der Waals surface area (Å²) in [5, 5.41) is 27.5. The van der Waals surface area contributed by atoms with Crippen LogP contribution in [0.1, 0.15) is 73.6 Å². The molecule has 5 heterocycles. The number of hydrogen-bond acceptors (Lipinski definition) is 12. The number of anilines is 2. The quantitative estimate of drug-likeness (QED) is 0.0788. The van der Waals surface area contributed by atoms with E-state index in [4.69, 9.17) is 26.2 Å². The number of urea groups is 1. The van der Waals surface area contributed by atoms with Crippen molar-refractivity contribution in [3.05, 3.63) is 92.7 Å². The number of aryl methyl sites for hydroxylation is 1. The van der Waals surface area contributed by atoms with Crippen molar-refractivity contribution in [3.8, 4) is 21.9 Å². The average molecular weight is 993 g/mol. The number of para-hydroxylation sites is 1. The van der Waals surface area contributed by atoms with Gasteiger partial charge in [0.2, 0.25) is 21.8 Å². The van der Waals surface area contributed by atoms with E-state index in [9.17, 15) is 42.3 Å². The second-order valence-electron chi connectivity index (χ2n) is 17.7. The number of thiophene rings is 1. The minimum absolute atomic E-state index is 0.00701. The van der Waals surface area contributed by atoms with Crippen LogP contribution in [0, 0.1) is 0 Å². The van der Waals surface area contributed by atoms with E-state index in [1.54, 1.807) is 72.6 Å². The van der Waals surface area contributed by atoms with Gasteiger partial charge in [0.05, 0.1) is 16.1 Å². The molecule has 0 bridgehead atoms. The Bertz CT molecular complexity index is 2990. The van der Waals surface area contributed by atoms with Crippen molar-refractivity contribution in [3.63, 3.8) is 0 Å². The third-order valence-electron chi connectivity index (χ3n) is 12.4. The highest BCUT2D eigenvalue weighted by atomic mass is 35.5. The molecule has 360 valence electrons. The summed E-state index contributed by atoms with van der Waals surface area (Å²) in [6.45, 7) is 4.00. The number of carboxylic acid groups (broad SMARTS) is 2. The molecule has 3 saturated heterocycles. The summed E-state index contributed by atoms with van der Waals surface area (Å²) in [6.07, 6.45) is 2.05. The van der Waals surface area contributed by atoms with Crippen LogP contribution in [0.2, 0.25) is 5.02 Å². The van der Waals surface area contributed by atoms with Gasteiger partial charge in [-0.2, -0.15) is 4.31 Å². The second kappa shape index (κ2) is 19.3. The van der Waals surface area contributed by atoms with Gasteiger partial charge in [0.25, 0.3) is 0 Å². The molecule has 3 aliphatic rings. The van der Waals surface area contributed by atoms with E-state index in [2.05, 4.69) is 16.0 Å². The predicted octanol–water partition coefficient (Wildman–Crippen LogP) is 6.12. The molecule has 0 radical (unpaired) electrons. The van der Waals surface area contributed by atoms with Crippen LogP contribution in [0.25, 0.3) is 21.5 Å². The Hall–Kier alpha value is -6.42. The third-order valence-corrected chi connectivity index (χ3v) is 16.1. The van der Waals surface area contributed by atoms with Crippen LogP contribution in [0.5, 0.6) is 11.5 Å². The van der Waals surface area contributed by atoms with E-state index in [0.717, 1.165) is 11.3 Å². The van der Waals surface area contributed by atoms with Crippen LogP contribution in [0.4, 0.5) is 16.2 Å². The number of ether oxygens (including phenoxy) is 2. The summed E-state index contributed by atoms with van der Waals surface area (Å²) >= 11 is 7.39. The lowest BCUT2D eigenvalue weighted by Crippen LogP contribution is -2.55. The number of fused-ring (bicyclic) bond motifs is 1. The van der Waals surface area contributed by atoms with Crippen molar-refractivity contribution in [1.82, 2.24) is 23.7 Å². The van der Waals surface area contributed by atoms with E-state index in [1.165, 1.54) is 13.4 Å². The minimum Gasteiger partial charge on any atom is -0.488 e. The Balaban J connectivity index is 0.853. The zero-order chi connectivity index (χ0) is 48.7. The number of sulfonamides is 1. The van der Waals surface area contributed by atoms with E-state index in [0.29, 0.717) is 82.9 Å². The van der Waals surface area contributed by atoms with Gasteiger partial charge in [0.15, 0.2) is 17.2 Å². The number of hydrogen-bond donors (Lipinski definition) is 5. The number of carbonyl (C=O) groups excluding carboxylic acids is 3. The van der Waals surface area contributed by atoms with Crippen LogP contribution in [0.15, 0.2) is 71.5 Å². The second-order valence-corrected chi connectivity index (χ2v) is 21.0. The van der Waals surface area contributed by atoms with Crippen molar-refractivity contribution >= 4 is 85.2 Å². The number of halogens is 1. The fraction of sp³-hybridized carbons (Fsp3) is 0.391. The first kappa shape index (κ1) is 48.1. The summed E-state index contributed by atoms with van der Waals surface area (Å²) in [5.74, 6) is -3.49. The Morgan fingerprint density at radius 3 is 2.37 bits per heavy atom. The van der Waals surface area contributed by atoms with Gasteiger partial charge in [-0.05, 0) is 80.6 Å². The van der Waals surface area contributed by atoms with Crippen LogP contribution < -0.4 is 31.1 Å². The molecule has 8 rings (SSSR count). The lowest BCUT2D eigenvalue weighted by Gasteiger charge is -2.45. The standard InChI is InChI=1S/C46H50ClN7O12S2/c1-46(2)23-30(48-29-10-5-8-27(22-29)40-37(47)39(65-24-36(56)57)41(67-40)43(59)60)15-20-53(46)68(63,64)25-26-7-4-9-28(21-26)49-44(61)52-18-16-31(17-19-52)66-34-12-6-11-32-38(34)51(3)45(62)54(32)33-13-14-35(55)50-42(33)58/h4-12,21-22,30-31,33,48H,13-20,23-25H2,1-3H3,(H,49,61)(H,56,57)(H,59,60)(H,50,55,58)/t30-,33?/m0/s1. The molecule has 2 atom stereocenters. The van der Waals surface area contributed by atoms with Gasteiger partial charge in [-0.25, -0.2) is 27.6 Å². The molecule has 3 aromatic carbocycles. The number of rotatable bonds is 14. The van der Waals surface area contributed by atoms with Crippen molar-refractivity contribution in [2.45, 2.75) is 81.9 Å². The first-order valence-electron chi connectivity index (χ1n) is 21.9. The van der Waals surface area contributed by atoms with Gasteiger partial charge >= 0.3 is 23.7 Å². The number of carboxylic acids is 2. The maximum atomic E-state index is 14.0. The first-order valence-corrected chi connectivity index (χ1v) is 24.7. The maximum absolute atomic E-state index is 14.0. The van der Waals surface area contributed by atoms with Crippen LogP contribution in [-0.4, -0.2) is 111 Å². The molecule has 0 aliphatic carbocycles. The summed E-state index contributed by atoms with van der Waals surface area (Å²) in [4.78, 5) is 76.1. The van der Waals surface area contributed by atoms with Crippen LogP contribution in [0.3, 0.4) is 0 Å². The van der Waals surface area contributed by atoms with Gasteiger partial charge in [0, 0.05) is 68.9 Å². The van der Waals surface area contributed by atoms with E-state index < -0.39 is 51.7 Å². The SMILES string of the molecule is Cn1c(=O)n(C2CCC(=O)NC2=O)c2cccc(OC3CCN(C(=O)Nc4cccc(CS(=O)(=O)N5CC[C@H](Nc6cccc(-c7sc(C(=O)O)c(OCC(=O)O)c7Cl)c6)CC5(C)C)c4)CC3)c21. The van der Waals surface area contributed by atoms with Crippen molar-refractivity contribution in [2.24, 2.45) is 7.05 Å². The molecule has 5 N–H and O–H groups in total. The molecule has 5 aromatic rings. The van der Waals surface area contributed by atoms with Gasteiger partial charge in [0.1, 0.15) is 28.4 Å². The van der Waals surface area contributed by atoms with E-state index in [-0.39, 0.29) is 64.9 Å². The molecule has 19 nitrogen and oxygen atoms in total. The Labute approximate surface area is 399 Å². The zero-order valence-corrected chi connectivity index (χ0v) is 39.7. The topological polar surface area (TPSA) is 248 Å². The number of likely N-dealkylation sites (tertiary alicyclic amines) is 1. The fourth-order valence-corrected chi connectivity index (χ4v) is 12.7. The average Bonchev–Trinajstić information content (AvgIpc) is 3.74. The number of benzene rings is 3. The van der Waals surface area contributed by atoms with E-state index in [1.807, 2.05) is 19.9 Å². The molecule has 0 saturated carbocycles. The summed E-state index contributed by atoms with van der Waals surface area (Å²) in [6, 6.07) is 17.9. The largest absolute Gasteiger partial charge is 0.488 e. The van der Waals surface area contributed by atoms with Gasteiger partial charge in [-0.15, -0.1) is 11.3 Å². The lowest BCUT2D eigenvalue weighted by atomic mass is 9.89. The molecule has 1 unspecified atom stereocenters.